The molecule has 2 aromatic rings. The van der Waals surface area contributed by atoms with Gasteiger partial charge in [0.15, 0.2) is 0 Å². The van der Waals surface area contributed by atoms with Crippen molar-refractivity contribution in [3.05, 3.63) is 59.9 Å². The van der Waals surface area contributed by atoms with Gasteiger partial charge in [-0.1, -0.05) is 62.9 Å². The topological polar surface area (TPSA) is 25.2 Å². The van der Waals surface area contributed by atoms with Crippen molar-refractivity contribution in [3.63, 3.8) is 0 Å². The number of aromatic nitrogens is 1. The second-order valence-corrected chi connectivity index (χ2v) is 7.56. The van der Waals surface area contributed by atoms with Gasteiger partial charge in [-0.25, -0.2) is 0 Å². The summed E-state index contributed by atoms with van der Waals surface area (Å²) in [4.78, 5) is 15.2. The van der Waals surface area contributed by atoms with E-state index in [0.29, 0.717) is 5.91 Å². The van der Waals surface area contributed by atoms with Crippen molar-refractivity contribution in [1.29, 1.82) is 0 Å². The molecule has 1 aliphatic carbocycles. The van der Waals surface area contributed by atoms with Crippen LogP contribution in [0.5, 0.6) is 0 Å². The Balaban J connectivity index is 1.70. The molecule has 1 heterocycles. The second-order valence-electron chi connectivity index (χ2n) is 7.56. The van der Waals surface area contributed by atoms with E-state index in [2.05, 4.69) is 65.1 Å². The van der Waals surface area contributed by atoms with E-state index >= 15 is 0 Å². The second kappa shape index (κ2) is 9.61. The molecule has 0 aliphatic heterocycles. The van der Waals surface area contributed by atoms with Crippen LogP contribution in [-0.4, -0.2) is 21.9 Å². The molecule has 0 bridgehead atoms. The van der Waals surface area contributed by atoms with Crippen LogP contribution in [-0.2, 0) is 17.9 Å². The number of hydrogen-bond acceptors (Lipinski definition) is 1. The number of amides is 1. The van der Waals surface area contributed by atoms with Crippen molar-refractivity contribution in [3.8, 4) is 0 Å². The monoisotopic (exact) mass is 352 g/mol. The van der Waals surface area contributed by atoms with Crippen LogP contribution in [0.2, 0.25) is 0 Å². The summed E-state index contributed by atoms with van der Waals surface area (Å²) in [5, 5.41) is 0. The van der Waals surface area contributed by atoms with E-state index in [1.807, 2.05) is 0 Å². The molecule has 3 heteroatoms. The summed E-state index contributed by atoms with van der Waals surface area (Å²) in [6.45, 7) is 4.67. The predicted octanol–water partition coefficient (Wildman–Crippen LogP) is 5.25. The lowest BCUT2D eigenvalue weighted by atomic mass is 9.88. The van der Waals surface area contributed by atoms with Crippen LogP contribution < -0.4 is 0 Å². The standard InChI is InChI=1S/C23H32N2O/c1-2-3-16-25(23(26)21-13-8-5-9-14-21)19-22-15-10-17-24(22)18-20-11-6-4-7-12-20/h4,6-7,10-12,15,17,21H,2-3,5,8-9,13-14,16,18-19H2,1H3. The quantitative estimate of drug-likeness (QED) is 0.637. The predicted molar refractivity (Wildman–Crippen MR) is 107 cm³/mol. The van der Waals surface area contributed by atoms with E-state index in [4.69, 9.17) is 0 Å². The summed E-state index contributed by atoms with van der Waals surface area (Å²) in [5.41, 5.74) is 2.53. The Hall–Kier alpha value is -2.03. The van der Waals surface area contributed by atoms with Gasteiger partial charge in [0, 0.05) is 30.9 Å². The fraction of sp³-hybridized carbons (Fsp3) is 0.522. The maximum absolute atomic E-state index is 13.1. The minimum Gasteiger partial charge on any atom is -0.345 e. The molecule has 3 rings (SSSR count). The van der Waals surface area contributed by atoms with Gasteiger partial charge in [0.1, 0.15) is 0 Å². The lowest BCUT2D eigenvalue weighted by Gasteiger charge is -2.30. The van der Waals surface area contributed by atoms with Gasteiger partial charge in [-0.15, -0.1) is 0 Å². The number of nitrogens with zero attached hydrogens (tertiary/aromatic N) is 2. The molecule has 0 atom stereocenters. The molecule has 0 saturated heterocycles. The highest BCUT2D eigenvalue weighted by Crippen LogP contribution is 2.26. The summed E-state index contributed by atoms with van der Waals surface area (Å²) < 4.78 is 2.28. The van der Waals surface area contributed by atoms with Crippen molar-refractivity contribution in [1.82, 2.24) is 9.47 Å². The first-order valence-electron chi connectivity index (χ1n) is 10.2. The van der Waals surface area contributed by atoms with E-state index in [1.165, 1.54) is 30.5 Å². The zero-order valence-electron chi connectivity index (χ0n) is 16.1. The summed E-state index contributed by atoms with van der Waals surface area (Å²) >= 11 is 0. The first-order valence-corrected chi connectivity index (χ1v) is 10.2. The Morgan fingerprint density at radius 2 is 1.85 bits per heavy atom. The van der Waals surface area contributed by atoms with Gasteiger partial charge in [-0.05, 0) is 37.0 Å². The maximum atomic E-state index is 13.1. The minimum absolute atomic E-state index is 0.248. The molecular weight excluding hydrogens is 320 g/mol. The fourth-order valence-corrected chi connectivity index (χ4v) is 3.95. The number of unbranched alkanes of at least 4 members (excludes halogenated alkanes) is 1. The summed E-state index contributed by atoms with van der Waals surface area (Å²) in [6, 6.07) is 14.8. The molecule has 0 N–H and O–H groups in total. The number of carbonyl (C=O) groups excluding carboxylic acids is 1. The summed E-state index contributed by atoms with van der Waals surface area (Å²) in [7, 11) is 0. The van der Waals surface area contributed by atoms with E-state index in [0.717, 1.165) is 45.3 Å². The smallest absolute Gasteiger partial charge is 0.226 e. The molecule has 1 saturated carbocycles. The van der Waals surface area contributed by atoms with Gasteiger partial charge in [-0.3, -0.25) is 4.79 Å². The average Bonchev–Trinajstić information content (AvgIpc) is 3.12. The molecule has 26 heavy (non-hydrogen) atoms. The summed E-state index contributed by atoms with van der Waals surface area (Å²) in [6.07, 6.45) is 10.2. The fourth-order valence-electron chi connectivity index (χ4n) is 3.95. The zero-order valence-corrected chi connectivity index (χ0v) is 16.1. The van der Waals surface area contributed by atoms with Crippen LogP contribution in [0.25, 0.3) is 0 Å². The van der Waals surface area contributed by atoms with Crippen molar-refractivity contribution < 1.29 is 4.79 Å². The van der Waals surface area contributed by atoms with Gasteiger partial charge >= 0.3 is 0 Å². The number of carbonyl (C=O) groups is 1. The Bertz CT molecular complexity index is 671. The number of rotatable bonds is 8. The molecular formula is C23H32N2O. The third-order valence-corrected chi connectivity index (χ3v) is 5.52. The third-order valence-electron chi connectivity index (χ3n) is 5.52. The largest absolute Gasteiger partial charge is 0.345 e. The molecule has 3 nitrogen and oxygen atoms in total. The Kier molecular flexibility index (Phi) is 6.93. The normalized spacial score (nSPS) is 15.1. The van der Waals surface area contributed by atoms with Gasteiger partial charge in [0.2, 0.25) is 5.91 Å². The molecule has 1 aromatic heterocycles. The van der Waals surface area contributed by atoms with Crippen LogP contribution in [0.15, 0.2) is 48.7 Å². The van der Waals surface area contributed by atoms with Crippen molar-refractivity contribution >= 4 is 5.91 Å². The zero-order chi connectivity index (χ0) is 18.2. The van der Waals surface area contributed by atoms with Crippen LogP contribution >= 0.6 is 0 Å². The van der Waals surface area contributed by atoms with Gasteiger partial charge in [0.25, 0.3) is 0 Å². The van der Waals surface area contributed by atoms with Crippen LogP contribution in [0, 0.1) is 5.92 Å². The highest BCUT2D eigenvalue weighted by Gasteiger charge is 2.26. The average molecular weight is 353 g/mol. The number of hydrogen-bond donors (Lipinski definition) is 0. The highest BCUT2D eigenvalue weighted by atomic mass is 16.2. The first kappa shape index (κ1) is 18.8. The van der Waals surface area contributed by atoms with Gasteiger partial charge < -0.3 is 9.47 Å². The Morgan fingerprint density at radius 1 is 1.08 bits per heavy atom. The maximum Gasteiger partial charge on any atom is 0.226 e. The SMILES string of the molecule is CCCCN(Cc1cccn1Cc1ccccc1)C(=O)C1CCCCC1. The Morgan fingerprint density at radius 3 is 2.58 bits per heavy atom. The minimum atomic E-state index is 0.248. The van der Waals surface area contributed by atoms with Gasteiger partial charge in [0.05, 0.1) is 6.54 Å². The van der Waals surface area contributed by atoms with Crippen LogP contribution in [0.3, 0.4) is 0 Å². The Labute approximate surface area is 158 Å². The highest BCUT2D eigenvalue weighted by molar-refractivity contribution is 5.78. The molecule has 1 amide bonds. The molecule has 0 radical (unpaired) electrons. The molecule has 0 spiro atoms. The lowest BCUT2D eigenvalue weighted by molar-refractivity contribution is -0.137. The van der Waals surface area contributed by atoms with E-state index < -0.39 is 0 Å². The first-order chi connectivity index (χ1) is 12.8. The van der Waals surface area contributed by atoms with Gasteiger partial charge in [-0.2, -0.15) is 0 Å². The van der Waals surface area contributed by atoms with Crippen LogP contribution in [0.4, 0.5) is 0 Å². The molecule has 1 aromatic carbocycles. The molecule has 0 unspecified atom stereocenters. The van der Waals surface area contributed by atoms with Crippen molar-refractivity contribution in [2.45, 2.75) is 65.0 Å². The van der Waals surface area contributed by atoms with E-state index in [-0.39, 0.29) is 5.92 Å². The summed E-state index contributed by atoms with van der Waals surface area (Å²) in [5.74, 6) is 0.628. The van der Waals surface area contributed by atoms with Crippen molar-refractivity contribution in [2.24, 2.45) is 5.92 Å². The molecule has 140 valence electrons. The molecule has 1 fully saturated rings. The molecule has 1 aliphatic rings. The lowest BCUT2D eigenvalue weighted by Crippen LogP contribution is -2.37. The van der Waals surface area contributed by atoms with Crippen LogP contribution in [0.1, 0.15) is 63.1 Å². The number of benzene rings is 1. The van der Waals surface area contributed by atoms with E-state index in [1.54, 1.807) is 0 Å². The third kappa shape index (κ3) is 5.00. The van der Waals surface area contributed by atoms with Crippen molar-refractivity contribution in [2.75, 3.05) is 6.54 Å². The van der Waals surface area contributed by atoms with E-state index in [9.17, 15) is 4.79 Å².